The predicted molar refractivity (Wildman–Crippen MR) is 250 cm³/mol. The zero-order chi connectivity index (χ0) is 55.9. The Morgan fingerprint density at radius 2 is 0.683 bits per heavy atom. The molecule has 0 fully saturated rings. The van der Waals surface area contributed by atoms with Crippen LogP contribution in [0.4, 0.5) is 58.4 Å². The van der Waals surface area contributed by atoms with Gasteiger partial charge in [0.15, 0.2) is 0 Å². The van der Waals surface area contributed by atoms with E-state index in [2.05, 4.69) is 61.8 Å². The molecule has 42 heteroatoms. The summed E-state index contributed by atoms with van der Waals surface area (Å²) in [6.07, 6.45) is -0.350. The summed E-state index contributed by atoms with van der Waals surface area (Å²) in [5, 5.41) is 71.0. The van der Waals surface area contributed by atoms with Gasteiger partial charge in [-0.05, 0) is 83.9 Å². The number of aromatic nitrogens is 6. The summed E-state index contributed by atoms with van der Waals surface area (Å²) < 4.78 is 123. The molecular formula is C40H32N14Na6O18S4. The first-order valence-corrected chi connectivity index (χ1v) is 26.4. The number of carbonyl (C=O) groups excluding carboxylic acids is 4. The van der Waals surface area contributed by atoms with E-state index in [4.69, 9.17) is 10.3 Å². The number of aliphatic carboxylic acids is 4. The number of carboxylic acid groups (broad SMARTS) is 4. The first-order valence-electron chi connectivity index (χ1n) is 20.5. The summed E-state index contributed by atoms with van der Waals surface area (Å²) in [5.74, 6) is -10.5. The first-order chi connectivity index (χ1) is 35.4. The fraction of sp³-hybridized carbons (Fsp3) is 0.100. The maximum atomic E-state index is 12.6. The van der Waals surface area contributed by atoms with Crippen molar-refractivity contribution < 1.29 is 260 Å². The van der Waals surface area contributed by atoms with Crippen molar-refractivity contribution in [3.63, 3.8) is 0 Å². The van der Waals surface area contributed by atoms with Crippen LogP contribution in [0.5, 0.6) is 0 Å². The third-order valence-corrected chi connectivity index (χ3v) is 13.2. The molecule has 82 heavy (non-hydrogen) atoms. The van der Waals surface area contributed by atoms with Gasteiger partial charge in [0.25, 0.3) is 0 Å². The number of primary sulfonamides is 2. The van der Waals surface area contributed by atoms with Crippen molar-refractivity contribution in [2.24, 2.45) is 10.3 Å². The third kappa shape index (κ3) is 24.0. The molecule has 0 spiro atoms. The van der Waals surface area contributed by atoms with Gasteiger partial charge in [-0.3, -0.25) is 0 Å². The van der Waals surface area contributed by atoms with Crippen LogP contribution in [0.15, 0.2) is 105 Å². The van der Waals surface area contributed by atoms with Gasteiger partial charge in [-0.15, -0.1) is 0 Å². The number of hydrogen-bond donors (Lipinski definition) is 8. The minimum absolute atomic E-state index is 0. The molecule has 0 saturated carbocycles. The molecule has 4 aromatic carbocycles. The third-order valence-electron chi connectivity index (χ3n) is 9.59. The Bertz CT molecular complexity index is 3550. The summed E-state index contributed by atoms with van der Waals surface area (Å²) in [7, 11) is -19.0. The summed E-state index contributed by atoms with van der Waals surface area (Å²) in [4.78, 5) is 67.5. The van der Waals surface area contributed by atoms with E-state index < -0.39 is 135 Å². The van der Waals surface area contributed by atoms with Crippen molar-refractivity contribution >= 4 is 135 Å². The Balaban J connectivity index is 0.0000109. The number of sulfonamides is 2. The van der Waals surface area contributed by atoms with Crippen molar-refractivity contribution in [2.75, 3.05) is 31.9 Å². The second kappa shape index (κ2) is 33.8. The molecule has 0 aliphatic rings. The Kier molecular flexibility index (Phi) is 32.5. The van der Waals surface area contributed by atoms with E-state index >= 15 is 0 Å². The zero-order valence-electron chi connectivity index (χ0n) is 43.6. The van der Waals surface area contributed by atoms with E-state index in [1.54, 1.807) is 0 Å². The molecule has 2 aromatic heterocycles. The fourth-order valence-electron chi connectivity index (χ4n) is 6.22. The second-order valence-electron chi connectivity index (χ2n) is 15.2. The Hall–Kier alpha value is -3.04. The summed E-state index contributed by atoms with van der Waals surface area (Å²) >= 11 is 0. The molecule has 0 amide bonds. The van der Waals surface area contributed by atoms with Gasteiger partial charge in [0.05, 0.1) is 43.6 Å². The number of rotatable bonds is 24. The van der Waals surface area contributed by atoms with Crippen molar-refractivity contribution in [3.8, 4) is 0 Å². The molecule has 0 aliphatic heterocycles. The van der Waals surface area contributed by atoms with Crippen LogP contribution in [0.2, 0.25) is 0 Å². The summed E-state index contributed by atoms with van der Waals surface area (Å²) in [6, 6.07) is 11.4. The molecule has 2 unspecified atom stereocenters. The maximum Gasteiger partial charge on any atom is 1.00 e. The Labute approximate surface area is 598 Å². The molecule has 6 rings (SSSR count). The Morgan fingerprint density at radius 1 is 0.427 bits per heavy atom. The van der Waals surface area contributed by atoms with E-state index in [0.717, 1.165) is 72.8 Å². The molecule has 6 aromatic rings. The van der Waals surface area contributed by atoms with Gasteiger partial charge in [-0.1, -0.05) is 24.3 Å². The van der Waals surface area contributed by atoms with E-state index in [1.165, 1.54) is 24.3 Å². The van der Waals surface area contributed by atoms with E-state index in [1.807, 2.05) is 0 Å². The molecular weight excluding hydrogens is 1230 g/mol. The second-order valence-corrected chi connectivity index (χ2v) is 21.0. The Morgan fingerprint density at radius 3 is 0.927 bits per heavy atom. The average molecular weight is 1260 g/mol. The molecule has 0 aliphatic carbocycles. The smallest absolute Gasteiger partial charge is 0.744 e. The number of carbonyl (C=O) groups is 4. The van der Waals surface area contributed by atoms with Crippen molar-refractivity contribution in [3.05, 3.63) is 96.1 Å². The van der Waals surface area contributed by atoms with Gasteiger partial charge in [-0.25, -0.2) is 43.9 Å². The normalized spacial score (nSPS) is 11.8. The SMILES string of the molecule is NS(=O)(=O)c1ccc(Nc2nc(Nc3ccc(/C=C/c4ccc(Nc5nc(Nc6ccc(S(N)(=O)=O)cc6)nc(NC(CC(=O)[O-])C(=O)[O-])n5)cc4S(=O)(=O)[O-])c(S(=O)(=O)[O-])c3)nc(NC(CC(=O)[O-])C(=O)[O-])n2)cc1.[Na+].[Na+].[Na+].[Na+].[Na+].[Na+]. The zero-order valence-corrected chi connectivity index (χ0v) is 58.9. The largest absolute Gasteiger partial charge is 1.00 e. The number of anilines is 10. The van der Waals surface area contributed by atoms with Crippen LogP contribution >= 0.6 is 0 Å². The number of nitrogens with two attached hydrogens (primary N) is 2. The van der Waals surface area contributed by atoms with Gasteiger partial charge in [-0.2, -0.15) is 29.9 Å². The summed E-state index contributed by atoms with van der Waals surface area (Å²) in [6.45, 7) is 0. The molecule has 32 nitrogen and oxygen atoms in total. The number of carboxylic acids is 4. The van der Waals surface area contributed by atoms with Crippen LogP contribution < -0.4 is 240 Å². The molecule has 10 N–H and O–H groups in total. The van der Waals surface area contributed by atoms with E-state index in [-0.39, 0.29) is 221 Å². The van der Waals surface area contributed by atoms with Crippen molar-refractivity contribution in [2.45, 2.75) is 44.5 Å². The number of hydrogen-bond acceptors (Lipinski definition) is 30. The molecule has 0 bridgehead atoms. The average Bonchev–Trinajstić information content (AvgIpc) is 3.29. The quantitative estimate of drug-likeness (QED) is 0.0158. The molecule has 0 radical (unpaired) electrons. The maximum absolute atomic E-state index is 12.6. The molecule has 0 saturated heterocycles. The van der Waals surface area contributed by atoms with Crippen LogP contribution in [0.25, 0.3) is 12.2 Å². The molecule has 2 heterocycles. The number of nitrogens with one attached hydrogen (secondary N) is 6. The van der Waals surface area contributed by atoms with Gasteiger partial charge in [0, 0.05) is 47.5 Å². The van der Waals surface area contributed by atoms with Gasteiger partial charge in [0.1, 0.15) is 20.2 Å². The number of benzene rings is 4. The molecule has 400 valence electrons. The minimum atomic E-state index is -5.42. The van der Waals surface area contributed by atoms with Crippen LogP contribution in [-0.4, -0.2) is 109 Å². The van der Waals surface area contributed by atoms with Crippen LogP contribution in [-0.2, 0) is 59.5 Å². The van der Waals surface area contributed by atoms with E-state index in [0.29, 0.717) is 0 Å². The van der Waals surface area contributed by atoms with Crippen LogP contribution in [0.1, 0.15) is 24.0 Å². The summed E-state index contributed by atoms with van der Waals surface area (Å²) in [5.41, 5.74) is -0.969. The first kappa shape index (κ1) is 79.0. The van der Waals surface area contributed by atoms with Crippen LogP contribution in [0.3, 0.4) is 0 Å². The van der Waals surface area contributed by atoms with Gasteiger partial charge < -0.3 is 80.6 Å². The van der Waals surface area contributed by atoms with Gasteiger partial charge >= 0.3 is 177 Å². The standard InChI is InChI=1S/C40H38N14O18S4.6Na/c41-73(63,64)25-11-7-21(8-12-25)43-35-49-37(53-39(51-35)47-27(33(59)60)17-31(55)56)45-23-5-3-19(29(15-23)75(67,68)69)1-2-20-4-6-24(16-30(20)76(70,71)72)46-38-50-36(44-22-9-13-26(14-10-22)74(42,65)66)52-40(54-38)48-28(34(61)62)18-32(57)58;;;;;;/h1-16,27-28H,17-18H2,(H,55,56)(H,57,58)(H,59,60)(H,61,62)(H2,41,63,64)(H2,42,65,66)(H,67,68,69)(H,70,71,72)(H3,43,45,47,49,51,53)(H3,44,46,48,50,52,54);;;;;;/q;6*+1/p-6/b2-1+;;;;;;. The van der Waals surface area contributed by atoms with Gasteiger partial charge in [0.2, 0.25) is 55.7 Å². The predicted octanol–water partition coefficient (Wildman–Crippen LogP) is -22.3. The number of nitrogens with zero attached hydrogens (tertiary/aromatic N) is 6. The topological polar surface area (TPSA) is 545 Å². The minimum Gasteiger partial charge on any atom is -0.744 e. The van der Waals surface area contributed by atoms with Crippen molar-refractivity contribution in [1.82, 2.24) is 29.9 Å². The van der Waals surface area contributed by atoms with Crippen LogP contribution in [0, 0.1) is 0 Å². The van der Waals surface area contributed by atoms with E-state index in [9.17, 15) is 82.4 Å². The fourth-order valence-corrected chi connectivity index (χ4v) is 8.64. The molecule has 2 atom stereocenters. The van der Waals surface area contributed by atoms with Crippen molar-refractivity contribution in [1.29, 1.82) is 0 Å². The monoisotopic (exact) mass is 1260 g/mol.